The van der Waals surface area contributed by atoms with Gasteiger partial charge in [-0.1, -0.05) is 30.8 Å². The Labute approximate surface area is 247 Å². The number of benzene rings is 1. The fourth-order valence-electron chi connectivity index (χ4n) is 9.42. The van der Waals surface area contributed by atoms with Crippen molar-refractivity contribution >= 4 is 38.8 Å². The van der Waals surface area contributed by atoms with Gasteiger partial charge in [-0.15, -0.1) is 0 Å². The molecule has 4 aliphatic carbocycles. The van der Waals surface area contributed by atoms with Crippen LogP contribution in [0.1, 0.15) is 57.2 Å². The third-order valence-electron chi connectivity index (χ3n) is 11.2. The first-order chi connectivity index (χ1) is 20.2. The Hall–Kier alpha value is -3.43. The molecule has 0 saturated heterocycles. The molecule has 216 valence electrons. The summed E-state index contributed by atoms with van der Waals surface area (Å²) < 4.78 is 15.5. The molecule has 1 aromatic carbocycles. The molecule has 3 aromatic heterocycles. The lowest BCUT2D eigenvalue weighted by Crippen LogP contribution is -2.57. The van der Waals surface area contributed by atoms with Crippen LogP contribution < -0.4 is 5.32 Å². The van der Waals surface area contributed by atoms with Crippen molar-refractivity contribution in [3.8, 4) is 5.69 Å². The number of hydrogen-bond acceptors (Lipinski definition) is 6. The molecule has 1 amide bonds. The molecule has 6 unspecified atom stereocenters. The molecule has 0 aliphatic heterocycles. The molecule has 0 bridgehead atoms. The van der Waals surface area contributed by atoms with Crippen LogP contribution in [0.2, 0.25) is 0 Å². The molecule has 42 heavy (non-hydrogen) atoms. The van der Waals surface area contributed by atoms with Crippen molar-refractivity contribution in [1.82, 2.24) is 19.7 Å². The second kappa shape index (κ2) is 9.28. The summed E-state index contributed by atoms with van der Waals surface area (Å²) in [6.45, 7) is 4.58. The summed E-state index contributed by atoms with van der Waals surface area (Å²) in [7, 11) is 0. The number of carbonyl (C=O) groups excluding carboxylic acids is 1. The predicted octanol–water partition coefficient (Wildman–Crippen LogP) is 6.42. The van der Waals surface area contributed by atoms with Gasteiger partial charge >= 0.3 is 0 Å². The highest BCUT2D eigenvalue weighted by atomic mass is 32.1. The minimum absolute atomic E-state index is 0.0165. The molecule has 7 nitrogen and oxygen atoms in total. The van der Waals surface area contributed by atoms with Crippen LogP contribution in [-0.4, -0.2) is 36.9 Å². The van der Waals surface area contributed by atoms with Crippen molar-refractivity contribution in [2.45, 2.75) is 58.5 Å². The van der Waals surface area contributed by atoms with E-state index in [0.717, 1.165) is 53.8 Å². The predicted molar refractivity (Wildman–Crippen MR) is 161 cm³/mol. The van der Waals surface area contributed by atoms with Crippen LogP contribution in [0.3, 0.4) is 0 Å². The van der Waals surface area contributed by atoms with Crippen LogP contribution in [0.5, 0.6) is 0 Å². The summed E-state index contributed by atoms with van der Waals surface area (Å²) in [5.41, 5.74) is 4.82. The van der Waals surface area contributed by atoms with E-state index in [1.807, 2.05) is 23.0 Å². The molecule has 7 atom stereocenters. The van der Waals surface area contributed by atoms with E-state index in [1.165, 1.54) is 34.6 Å². The van der Waals surface area contributed by atoms with Gasteiger partial charge in [0.2, 0.25) is 5.91 Å². The van der Waals surface area contributed by atoms with Crippen LogP contribution in [0.4, 0.5) is 9.52 Å². The topological polar surface area (TPSA) is 92.9 Å². The van der Waals surface area contributed by atoms with Crippen LogP contribution in [-0.2, 0) is 11.2 Å². The summed E-state index contributed by atoms with van der Waals surface area (Å²) in [4.78, 5) is 23.5. The smallest absolute Gasteiger partial charge is 0.229 e. The highest BCUT2D eigenvalue weighted by Crippen LogP contribution is 2.66. The zero-order valence-electron chi connectivity index (χ0n) is 23.8. The second-order valence-corrected chi connectivity index (χ2v) is 14.3. The molecule has 3 saturated carbocycles. The first kappa shape index (κ1) is 26.2. The first-order valence-corrected chi connectivity index (χ1v) is 15.8. The van der Waals surface area contributed by atoms with Crippen molar-refractivity contribution < 1.29 is 14.3 Å². The van der Waals surface area contributed by atoms with Gasteiger partial charge in [-0.2, -0.15) is 5.10 Å². The van der Waals surface area contributed by atoms with Crippen LogP contribution in [0.15, 0.2) is 54.4 Å². The number of aromatic nitrogens is 4. The number of anilines is 1. The van der Waals surface area contributed by atoms with Gasteiger partial charge in [0.25, 0.3) is 0 Å². The third-order valence-corrected chi connectivity index (χ3v) is 12.1. The van der Waals surface area contributed by atoms with Gasteiger partial charge in [0.1, 0.15) is 16.2 Å². The van der Waals surface area contributed by atoms with Gasteiger partial charge in [-0.3, -0.25) is 4.79 Å². The number of hydrogen-bond donors (Lipinski definition) is 2. The van der Waals surface area contributed by atoms with Gasteiger partial charge in [-0.05, 0) is 115 Å². The largest absolute Gasteiger partial charge is 0.393 e. The SMILES string of the molecule is CC12Cc3cnn(-c4ccc(F)cc4)c3C=C1CCC1C2[C@@H](O)CC2(C)C(C(=O)Nc3nc4cccnc4s3)CCC12. The van der Waals surface area contributed by atoms with Crippen LogP contribution >= 0.6 is 11.3 Å². The van der Waals surface area contributed by atoms with Gasteiger partial charge in [-0.25, -0.2) is 19.0 Å². The molecular weight excluding hydrogens is 549 g/mol. The maximum Gasteiger partial charge on any atom is 0.229 e. The van der Waals surface area contributed by atoms with Gasteiger partial charge in [0.05, 0.1) is 23.7 Å². The number of pyridine rings is 1. The minimum Gasteiger partial charge on any atom is -0.393 e. The lowest BCUT2D eigenvalue weighted by Gasteiger charge is -2.59. The van der Waals surface area contributed by atoms with Crippen molar-refractivity contribution in [3.63, 3.8) is 0 Å². The molecule has 3 heterocycles. The Bertz CT molecular complexity index is 1710. The number of aliphatic hydroxyl groups excluding tert-OH is 1. The summed E-state index contributed by atoms with van der Waals surface area (Å²) in [6, 6.07) is 10.2. The molecule has 0 spiro atoms. The van der Waals surface area contributed by atoms with Gasteiger partial charge in [0, 0.05) is 12.1 Å². The second-order valence-electron chi connectivity index (χ2n) is 13.3. The van der Waals surface area contributed by atoms with Crippen molar-refractivity contribution in [2.75, 3.05) is 5.32 Å². The van der Waals surface area contributed by atoms with E-state index in [4.69, 9.17) is 0 Å². The maximum absolute atomic E-state index is 13.7. The van der Waals surface area contributed by atoms with E-state index in [-0.39, 0.29) is 34.4 Å². The maximum atomic E-state index is 13.7. The molecular formula is C33H34FN5O2S. The number of halogens is 1. The Morgan fingerprint density at radius 1 is 1.17 bits per heavy atom. The number of rotatable bonds is 3. The fraction of sp³-hybridized carbons (Fsp3) is 0.455. The zero-order valence-corrected chi connectivity index (χ0v) is 24.6. The quantitative estimate of drug-likeness (QED) is 0.290. The van der Waals surface area contributed by atoms with E-state index >= 15 is 0 Å². The van der Waals surface area contributed by atoms with Crippen LogP contribution in [0.25, 0.3) is 22.1 Å². The third kappa shape index (κ3) is 3.78. The number of aliphatic hydroxyl groups is 1. The normalized spacial score (nSPS) is 33.3. The average molecular weight is 584 g/mol. The van der Waals surface area contributed by atoms with Crippen molar-refractivity contribution in [2.24, 2.45) is 34.5 Å². The molecule has 3 fully saturated rings. The van der Waals surface area contributed by atoms with E-state index in [1.54, 1.807) is 18.3 Å². The summed E-state index contributed by atoms with van der Waals surface area (Å²) in [6.07, 6.45) is 10.8. The number of allylic oxidation sites excluding steroid dienone is 1. The summed E-state index contributed by atoms with van der Waals surface area (Å²) >= 11 is 1.41. The first-order valence-electron chi connectivity index (χ1n) is 15.0. The van der Waals surface area contributed by atoms with Crippen molar-refractivity contribution in [1.29, 1.82) is 0 Å². The van der Waals surface area contributed by atoms with Gasteiger partial charge < -0.3 is 10.4 Å². The molecule has 8 rings (SSSR count). The number of amides is 1. The monoisotopic (exact) mass is 583 g/mol. The zero-order chi connectivity index (χ0) is 28.8. The Morgan fingerprint density at radius 2 is 2.00 bits per heavy atom. The number of nitrogens with zero attached hydrogens (tertiary/aromatic N) is 4. The summed E-state index contributed by atoms with van der Waals surface area (Å²) in [5.74, 6) is 0.482. The van der Waals surface area contributed by atoms with Crippen molar-refractivity contribution in [3.05, 3.63) is 71.4 Å². The number of thiazole rings is 1. The number of fused-ring (bicyclic) bond motifs is 7. The fourth-order valence-corrected chi connectivity index (χ4v) is 10.2. The highest BCUT2D eigenvalue weighted by Gasteiger charge is 2.63. The Morgan fingerprint density at radius 3 is 2.81 bits per heavy atom. The number of nitrogens with one attached hydrogen (secondary N) is 1. The molecule has 2 N–H and O–H groups in total. The molecule has 4 aliphatic rings. The summed E-state index contributed by atoms with van der Waals surface area (Å²) in [5, 5.41) is 20.3. The Kier molecular flexibility index (Phi) is 5.79. The van der Waals surface area contributed by atoms with E-state index in [9.17, 15) is 14.3 Å². The van der Waals surface area contributed by atoms with E-state index < -0.39 is 6.10 Å². The lowest BCUT2D eigenvalue weighted by atomic mass is 9.46. The van der Waals surface area contributed by atoms with E-state index in [0.29, 0.717) is 23.4 Å². The number of carbonyl (C=O) groups is 1. The highest BCUT2D eigenvalue weighted by molar-refractivity contribution is 7.21. The minimum atomic E-state index is -0.487. The molecule has 4 aromatic rings. The molecule has 0 radical (unpaired) electrons. The van der Waals surface area contributed by atoms with Crippen LogP contribution in [0, 0.1) is 40.3 Å². The van der Waals surface area contributed by atoms with E-state index in [2.05, 4.69) is 40.3 Å². The Balaban J connectivity index is 1.06. The molecule has 9 heteroatoms. The van der Waals surface area contributed by atoms with Gasteiger partial charge in [0.15, 0.2) is 5.13 Å². The standard InChI is InChI=1S/C33H34FN5O2S/c1-32-15-18-17-36-39(21-8-6-20(34)7-9-21)26(18)14-19(32)5-10-22-23-11-12-24(33(23,2)16-27(40)28(22)32)29(41)38-31-37-25-4-3-13-35-30(25)42-31/h3-4,6-9,13-14,17,22-24,27-28,40H,5,10-12,15-16H2,1-2H3,(H,37,38,41)/t22?,23?,24?,27-,28?,32?,33?/m0/s1. The lowest BCUT2D eigenvalue weighted by molar-refractivity contribution is -0.139. The average Bonchev–Trinajstić information content (AvgIpc) is 3.65.